The van der Waals surface area contributed by atoms with E-state index in [1.807, 2.05) is 17.5 Å². The van der Waals surface area contributed by atoms with Crippen LogP contribution in [0.1, 0.15) is 20.8 Å². The Labute approximate surface area is 126 Å². The molecule has 0 atom stereocenters. The van der Waals surface area contributed by atoms with Gasteiger partial charge in [0.15, 0.2) is 0 Å². The molecule has 0 spiro atoms. The van der Waals surface area contributed by atoms with Crippen molar-refractivity contribution in [3.05, 3.63) is 57.8 Å². The van der Waals surface area contributed by atoms with Crippen LogP contribution >= 0.6 is 11.3 Å². The number of amides is 2. The molecule has 5 nitrogen and oxygen atoms in total. The average molecular weight is 304 g/mol. The van der Waals surface area contributed by atoms with Crippen LogP contribution in [-0.2, 0) is 17.9 Å². The maximum absolute atomic E-state index is 11.5. The molecule has 0 bridgehead atoms. The van der Waals surface area contributed by atoms with E-state index in [1.54, 1.807) is 42.6 Å². The van der Waals surface area contributed by atoms with Crippen LogP contribution in [0.5, 0.6) is 0 Å². The molecule has 0 aliphatic rings. The summed E-state index contributed by atoms with van der Waals surface area (Å²) >= 11 is 1.54. The maximum Gasteiger partial charge on any atom is 0.407 e. The van der Waals surface area contributed by atoms with Crippen molar-refractivity contribution in [2.24, 2.45) is 0 Å². The van der Waals surface area contributed by atoms with Crippen LogP contribution in [0.25, 0.3) is 0 Å². The number of ether oxygens (including phenoxy) is 1. The molecule has 0 radical (unpaired) electrons. The molecule has 2 aromatic rings. The molecule has 1 aromatic heterocycles. The Morgan fingerprint density at radius 2 is 1.95 bits per heavy atom. The predicted octanol–water partition coefficient (Wildman–Crippen LogP) is 2.53. The number of nitrogens with one attached hydrogen (secondary N) is 2. The summed E-state index contributed by atoms with van der Waals surface area (Å²) in [5.74, 6) is -0.134. The van der Waals surface area contributed by atoms with Crippen molar-refractivity contribution in [2.75, 3.05) is 7.05 Å². The van der Waals surface area contributed by atoms with Gasteiger partial charge in [-0.15, -0.1) is 11.3 Å². The lowest BCUT2D eigenvalue weighted by Crippen LogP contribution is -2.23. The molecular weight excluding hydrogens is 288 g/mol. The Balaban J connectivity index is 1.77. The molecule has 2 rings (SSSR count). The van der Waals surface area contributed by atoms with Crippen molar-refractivity contribution in [2.45, 2.75) is 13.2 Å². The van der Waals surface area contributed by atoms with Crippen LogP contribution in [0, 0.1) is 0 Å². The molecule has 2 N–H and O–H groups in total. The second-order valence-corrected chi connectivity index (χ2v) is 5.32. The van der Waals surface area contributed by atoms with E-state index < -0.39 is 6.09 Å². The van der Waals surface area contributed by atoms with Gasteiger partial charge in [0.1, 0.15) is 6.61 Å². The van der Waals surface area contributed by atoms with Crippen LogP contribution < -0.4 is 10.6 Å². The second-order valence-electron chi connectivity index (χ2n) is 4.29. The molecule has 1 aromatic carbocycles. The Morgan fingerprint density at radius 3 is 2.57 bits per heavy atom. The Hall–Kier alpha value is -2.34. The molecule has 6 heteroatoms. The molecule has 0 saturated heterocycles. The van der Waals surface area contributed by atoms with Gasteiger partial charge < -0.3 is 15.4 Å². The minimum Gasteiger partial charge on any atom is -0.444 e. The molecular formula is C15H16N2O3S. The number of rotatable bonds is 5. The number of hydrogen-bond acceptors (Lipinski definition) is 4. The van der Waals surface area contributed by atoms with Crippen molar-refractivity contribution in [3.63, 3.8) is 0 Å². The summed E-state index contributed by atoms with van der Waals surface area (Å²) in [6, 6.07) is 10.8. The van der Waals surface area contributed by atoms with Gasteiger partial charge in [-0.2, -0.15) is 0 Å². The van der Waals surface area contributed by atoms with Crippen molar-refractivity contribution >= 4 is 23.3 Å². The molecule has 21 heavy (non-hydrogen) atoms. The van der Waals surface area contributed by atoms with Gasteiger partial charge in [-0.3, -0.25) is 4.79 Å². The average Bonchev–Trinajstić information content (AvgIpc) is 3.04. The van der Waals surface area contributed by atoms with Crippen LogP contribution in [0.2, 0.25) is 0 Å². The van der Waals surface area contributed by atoms with Gasteiger partial charge in [-0.05, 0) is 29.1 Å². The topological polar surface area (TPSA) is 67.4 Å². The normalized spacial score (nSPS) is 9.95. The number of benzene rings is 1. The first-order chi connectivity index (χ1) is 10.2. The van der Waals surface area contributed by atoms with Crippen LogP contribution in [-0.4, -0.2) is 19.0 Å². The first-order valence-corrected chi connectivity index (χ1v) is 7.31. The molecule has 0 unspecified atom stereocenters. The highest BCUT2D eigenvalue weighted by molar-refractivity contribution is 7.09. The van der Waals surface area contributed by atoms with Gasteiger partial charge in [0.2, 0.25) is 0 Å². The number of hydrogen-bond donors (Lipinski definition) is 2. The quantitative estimate of drug-likeness (QED) is 0.892. The molecule has 2 amide bonds. The van der Waals surface area contributed by atoms with E-state index in [0.29, 0.717) is 12.1 Å². The van der Waals surface area contributed by atoms with E-state index in [4.69, 9.17) is 4.74 Å². The van der Waals surface area contributed by atoms with Gasteiger partial charge in [0.05, 0.1) is 0 Å². The molecule has 1 heterocycles. The first kappa shape index (κ1) is 15.1. The zero-order valence-corrected chi connectivity index (χ0v) is 12.4. The highest BCUT2D eigenvalue weighted by atomic mass is 32.1. The molecule has 0 aliphatic carbocycles. The lowest BCUT2D eigenvalue weighted by atomic mass is 10.1. The molecule has 0 saturated carbocycles. The van der Waals surface area contributed by atoms with E-state index in [0.717, 1.165) is 10.4 Å². The minimum absolute atomic E-state index is 0.134. The fourth-order valence-electron chi connectivity index (χ4n) is 1.67. The summed E-state index contributed by atoms with van der Waals surface area (Å²) in [6.45, 7) is 0.635. The second kappa shape index (κ2) is 7.44. The van der Waals surface area contributed by atoms with Crippen LogP contribution in [0.15, 0.2) is 41.8 Å². The number of alkyl carbamates (subject to hydrolysis) is 1. The van der Waals surface area contributed by atoms with Crippen molar-refractivity contribution < 1.29 is 14.3 Å². The predicted molar refractivity (Wildman–Crippen MR) is 81.2 cm³/mol. The largest absolute Gasteiger partial charge is 0.444 e. The SMILES string of the molecule is CNC(=O)c1ccc(CNC(=O)OCc2cccs2)cc1. The van der Waals surface area contributed by atoms with Crippen molar-refractivity contribution in [1.82, 2.24) is 10.6 Å². The van der Waals surface area contributed by atoms with Crippen molar-refractivity contribution in [1.29, 1.82) is 0 Å². The van der Waals surface area contributed by atoms with Gasteiger partial charge >= 0.3 is 6.09 Å². The minimum atomic E-state index is -0.459. The molecule has 110 valence electrons. The summed E-state index contributed by atoms with van der Waals surface area (Å²) in [6.07, 6.45) is -0.459. The van der Waals surface area contributed by atoms with Crippen molar-refractivity contribution in [3.8, 4) is 0 Å². The summed E-state index contributed by atoms with van der Waals surface area (Å²) in [4.78, 5) is 23.9. The van der Waals surface area contributed by atoms with Gasteiger partial charge in [0, 0.05) is 24.0 Å². The number of thiophene rings is 1. The summed E-state index contributed by atoms with van der Waals surface area (Å²) in [5, 5.41) is 7.16. The van der Waals surface area contributed by atoms with E-state index >= 15 is 0 Å². The zero-order valence-electron chi connectivity index (χ0n) is 11.6. The van der Waals surface area contributed by atoms with Gasteiger partial charge in [-0.1, -0.05) is 18.2 Å². The first-order valence-electron chi connectivity index (χ1n) is 6.43. The van der Waals surface area contributed by atoms with Crippen LogP contribution in [0.3, 0.4) is 0 Å². The maximum atomic E-state index is 11.5. The third kappa shape index (κ3) is 4.61. The standard InChI is InChI=1S/C15H16N2O3S/c1-16-14(18)12-6-4-11(5-7-12)9-17-15(19)20-10-13-3-2-8-21-13/h2-8H,9-10H2,1H3,(H,16,18)(H,17,19). The summed E-state index contributed by atoms with van der Waals surface area (Å²) < 4.78 is 5.08. The fourth-order valence-corrected chi connectivity index (χ4v) is 2.29. The lowest BCUT2D eigenvalue weighted by molar-refractivity contribution is 0.0963. The number of carbonyl (C=O) groups is 2. The fraction of sp³-hybridized carbons (Fsp3) is 0.200. The molecule has 0 aliphatic heterocycles. The third-order valence-corrected chi connectivity index (χ3v) is 3.66. The Kier molecular flexibility index (Phi) is 5.34. The van der Waals surface area contributed by atoms with Gasteiger partial charge in [-0.25, -0.2) is 4.79 Å². The van der Waals surface area contributed by atoms with E-state index in [9.17, 15) is 9.59 Å². The lowest BCUT2D eigenvalue weighted by Gasteiger charge is -2.07. The van der Waals surface area contributed by atoms with Gasteiger partial charge in [0.25, 0.3) is 5.91 Å². The highest BCUT2D eigenvalue weighted by Gasteiger charge is 2.05. The smallest absolute Gasteiger partial charge is 0.407 e. The zero-order chi connectivity index (χ0) is 15.1. The van der Waals surface area contributed by atoms with Crippen LogP contribution in [0.4, 0.5) is 4.79 Å². The van der Waals surface area contributed by atoms with E-state index in [2.05, 4.69) is 10.6 Å². The Morgan fingerprint density at radius 1 is 1.19 bits per heavy atom. The van der Waals surface area contributed by atoms with E-state index in [-0.39, 0.29) is 12.5 Å². The van der Waals surface area contributed by atoms with E-state index in [1.165, 1.54) is 0 Å². The monoisotopic (exact) mass is 304 g/mol. The molecule has 0 fully saturated rings. The summed E-state index contributed by atoms with van der Waals surface area (Å²) in [7, 11) is 1.58. The summed E-state index contributed by atoms with van der Waals surface area (Å²) in [5.41, 5.74) is 1.48. The highest BCUT2D eigenvalue weighted by Crippen LogP contribution is 2.09. The number of carbonyl (C=O) groups excluding carboxylic acids is 2. The third-order valence-electron chi connectivity index (χ3n) is 2.81. The Bertz CT molecular complexity index is 594.